The number of hydrogen-bond acceptors (Lipinski definition) is 5. The summed E-state index contributed by atoms with van der Waals surface area (Å²) in [5, 5.41) is 6.79. The fraction of sp³-hybridized carbons (Fsp3) is 0.318. The Kier molecular flexibility index (Phi) is 6.09. The molecule has 0 aliphatic heterocycles. The van der Waals surface area contributed by atoms with E-state index in [1.165, 1.54) is 5.56 Å². The summed E-state index contributed by atoms with van der Waals surface area (Å²) in [4.78, 5) is 16.8. The zero-order valence-corrected chi connectivity index (χ0v) is 16.7. The van der Waals surface area contributed by atoms with Gasteiger partial charge in [0, 0.05) is 5.56 Å². The number of carbonyl (C=O) groups excluding carboxylic acids is 1. The SMILES string of the molecule is CC[C@H](Oc1ccc(C)c(C)c1)C(=O)NCc1nc(-c2ccc(C)cc2)no1. The van der Waals surface area contributed by atoms with Crippen LogP contribution in [0.15, 0.2) is 47.0 Å². The van der Waals surface area contributed by atoms with Crippen molar-refractivity contribution in [3.63, 3.8) is 0 Å². The number of nitrogens with zero attached hydrogens (tertiary/aromatic N) is 2. The third-order valence-corrected chi connectivity index (χ3v) is 4.61. The maximum Gasteiger partial charge on any atom is 0.261 e. The number of hydrogen-bond donors (Lipinski definition) is 1. The molecule has 3 aromatic rings. The molecule has 0 unspecified atom stereocenters. The Bertz CT molecular complexity index is 948. The number of benzene rings is 2. The predicted molar refractivity (Wildman–Crippen MR) is 107 cm³/mol. The number of rotatable bonds is 7. The molecule has 0 aliphatic rings. The molecule has 0 aliphatic carbocycles. The fourth-order valence-electron chi connectivity index (χ4n) is 2.70. The average Bonchev–Trinajstić information content (AvgIpc) is 3.16. The number of nitrogens with one attached hydrogen (secondary N) is 1. The summed E-state index contributed by atoms with van der Waals surface area (Å²) in [6.45, 7) is 8.14. The molecule has 1 atom stereocenters. The van der Waals surface area contributed by atoms with Gasteiger partial charge in [0.2, 0.25) is 11.7 Å². The minimum atomic E-state index is -0.582. The van der Waals surface area contributed by atoms with E-state index in [1.807, 2.05) is 70.2 Å². The second kappa shape index (κ2) is 8.69. The van der Waals surface area contributed by atoms with E-state index in [1.54, 1.807) is 0 Å². The summed E-state index contributed by atoms with van der Waals surface area (Å²) in [5.74, 6) is 1.33. The van der Waals surface area contributed by atoms with Gasteiger partial charge >= 0.3 is 0 Å². The molecule has 1 aromatic heterocycles. The molecule has 6 heteroatoms. The van der Waals surface area contributed by atoms with Gasteiger partial charge in [0.15, 0.2) is 6.10 Å². The van der Waals surface area contributed by atoms with Crippen LogP contribution in [0, 0.1) is 20.8 Å². The van der Waals surface area contributed by atoms with Gasteiger partial charge in [-0.25, -0.2) is 0 Å². The Hall–Kier alpha value is -3.15. The number of aromatic nitrogens is 2. The van der Waals surface area contributed by atoms with E-state index in [4.69, 9.17) is 9.26 Å². The van der Waals surface area contributed by atoms with Crippen LogP contribution in [0.5, 0.6) is 5.75 Å². The molecule has 0 spiro atoms. The van der Waals surface area contributed by atoms with Crippen LogP contribution in [0.3, 0.4) is 0 Å². The molecule has 0 saturated heterocycles. The Morgan fingerprint density at radius 1 is 1.11 bits per heavy atom. The highest BCUT2D eigenvalue weighted by Gasteiger charge is 2.19. The lowest BCUT2D eigenvalue weighted by molar-refractivity contribution is -0.128. The molecule has 2 aromatic carbocycles. The first kappa shape index (κ1) is 19.6. The maximum atomic E-state index is 12.5. The zero-order valence-electron chi connectivity index (χ0n) is 16.7. The maximum absolute atomic E-state index is 12.5. The van der Waals surface area contributed by atoms with Gasteiger partial charge in [0.05, 0.1) is 6.54 Å². The molecule has 1 heterocycles. The summed E-state index contributed by atoms with van der Waals surface area (Å²) in [7, 11) is 0. The number of aryl methyl sites for hydroxylation is 3. The molecule has 28 heavy (non-hydrogen) atoms. The smallest absolute Gasteiger partial charge is 0.261 e. The van der Waals surface area contributed by atoms with E-state index in [9.17, 15) is 4.79 Å². The number of carbonyl (C=O) groups is 1. The van der Waals surface area contributed by atoms with E-state index in [0.717, 1.165) is 16.7 Å². The van der Waals surface area contributed by atoms with E-state index in [-0.39, 0.29) is 12.5 Å². The zero-order chi connectivity index (χ0) is 20.1. The molecule has 6 nitrogen and oxygen atoms in total. The molecule has 0 bridgehead atoms. The Morgan fingerprint density at radius 3 is 2.54 bits per heavy atom. The summed E-state index contributed by atoms with van der Waals surface area (Å²) in [6.07, 6.45) is -0.0291. The van der Waals surface area contributed by atoms with E-state index < -0.39 is 6.10 Å². The van der Waals surface area contributed by atoms with Crippen molar-refractivity contribution in [1.82, 2.24) is 15.5 Å². The van der Waals surface area contributed by atoms with Crippen LogP contribution in [0.4, 0.5) is 0 Å². The molecule has 146 valence electrons. The lowest BCUT2D eigenvalue weighted by Crippen LogP contribution is -2.37. The van der Waals surface area contributed by atoms with E-state index in [2.05, 4.69) is 15.5 Å². The third-order valence-electron chi connectivity index (χ3n) is 4.61. The molecule has 1 amide bonds. The fourth-order valence-corrected chi connectivity index (χ4v) is 2.70. The molecular weight excluding hydrogens is 354 g/mol. The lowest BCUT2D eigenvalue weighted by atomic mass is 10.1. The van der Waals surface area contributed by atoms with Crippen molar-refractivity contribution in [3.8, 4) is 17.1 Å². The molecular formula is C22H25N3O3. The van der Waals surface area contributed by atoms with Crippen LogP contribution in [0.25, 0.3) is 11.4 Å². The van der Waals surface area contributed by atoms with Crippen LogP contribution in [0.2, 0.25) is 0 Å². The van der Waals surface area contributed by atoms with Crippen molar-refractivity contribution in [3.05, 3.63) is 65.0 Å². The first-order valence-corrected chi connectivity index (χ1v) is 9.37. The summed E-state index contributed by atoms with van der Waals surface area (Å²) >= 11 is 0. The van der Waals surface area contributed by atoms with Gasteiger partial charge in [0.1, 0.15) is 5.75 Å². The van der Waals surface area contributed by atoms with Crippen molar-refractivity contribution in [1.29, 1.82) is 0 Å². The molecule has 0 saturated carbocycles. The second-order valence-electron chi connectivity index (χ2n) is 6.86. The Labute approximate surface area is 164 Å². The average molecular weight is 379 g/mol. The van der Waals surface area contributed by atoms with Crippen molar-refractivity contribution in [2.45, 2.75) is 46.8 Å². The number of amides is 1. The number of ether oxygens (including phenoxy) is 1. The van der Waals surface area contributed by atoms with Gasteiger partial charge in [-0.05, 0) is 50.5 Å². The first-order valence-electron chi connectivity index (χ1n) is 9.37. The van der Waals surface area contributed by atoms with Gasteiger partial charge in [-0.1, -0.05) is 48.0 Å². The highest BCUT2D eigenvalue weighted by molar-refractivity contribution is 5.81. The predicted octanol–water partition coefficient (Wildman–Crippen LogP) is 4.14. The van der Waals surface area contributed by atoms with Crippen LogP contribution >= 0.6 is 0 Å². The van der Waals surface area contributed by atoms with Crippen LogP contribution in [0.1, 0.15) is 35.9 Å². The van der Waals surface area contributed by atoms with Gasteiger partial charge < -0.3 is 14.6 Å². The van der Waals surface area contributed by atoms with Crippen LogP contribution in [-0.4, -0.2) is 22.2 Å². The van der Waals surface area contributed by atoms with Crippen LogP contribution in [-0.2, 0) is 11.3 Å². The van der Waals surface area contributed by atoms with Crippen molar-refractivity contribution in [2.75, 3.05) is 0 Å². The summed E-state index contributed by atoms with van der Waals surface area (Å²) in [5.41, 5.74) is 4.35. The largest absolute Gasteiger partial charge is 0.481 e. The highest BCUT2D eigenvalue weighted by atomic mass is 16.5. The molecule has 1 N–H and O–H groups in total. The minimum Gasteiger partial charge on any atom is -0.481 e. The van der Waals surface area contributed by atoms with E-state index in [0.29, 0.717) is 23.9 Å². The van der Waals surface area contributed by atoms with Gasteiger partial charge in [-0.3, -0.25) is 4.79 Å². The lowest BCUT2D eigenvalue weighted by Gasteiger charge is -2.17. The molecule has 0 radical (unpaired) electrons. The monoisotopic (exact) mass is 379 g/mol. The van der Waals surface area contributed by atoms with Gasteiger partial charge in [-0.15, -0.1) is 0 Å². The normalized spacial score (nSPS) is 11.9. The van der Waals surface area contributed by atoms with Crippen LogP contribution < -0.4 is 10.1 Å². The van der Waals surface area contributed by atoms with Gasteiger partial charge in [-0.2, -0.15) is 4.98 Å². The quantitative estimate of drug-likeness (QED) is 0.668. The highest BCUT2D eigenvalue weighted by Crippen LogP contribution is 2.19. The van der Waals surface area contributed by atoms with Crippen molar-refractivity contribution < 1.29 is 14.1 Å². The van der Waals surface area contributed by atoms with Gasteiger partial charge in [0.25, 0.3) is 5.91 Å². The summed E-state index contributed by atoms with van der Waals surface area (Å²) in [6, 6.07) is 13.7. The Balaban J connectivity index is 1.59. The standard InChI is InChI=1S/C22H25N3O3/c1-5-19(27-18-11-8-15(3)16(4)12-18)22(26)23-13-20-24-21(25-28-20)17-9-6-14(2)7-10-17/h6-12,19H,5,13H2,1-4H3,(H,23,26)/t19-/m0/s1. The van der Waals surface area contributed by atoms with Crippen molar-refractivity contribution in [2.24, 2.45) is 0 Å². The second-order valence-corrected chi connectivity index (χ2v) is 6.86. The topological polar surface area (TPSA) is 77.2 Å². The third kappa shape index (κ3) is 4.76. The molecule has 3 rings (SSSR count). The van der Waals surface area contributed by atoms with E-state index >= 15 is 0 Å². The minimum absolute atomic E-state index is 0.157. The summed E-state index contributed by atoms with van der Waals surface area (Å²) < 4.78 is 11.1. The Morgan fingerprint density at radius 2 is 1.86 bits per heavy atom. The van der Waals surface area contributed by atoms with Crippen molar-refractivity contribution >= 4 is 5.91 Å². The molecule has 0 fully saturated rings. The first-order chi connectivity index (χ1) is 13.5.